The summed E-state index contributed by atoms with van der Waals surface area (Å²) in [5.74, 6) is 1.91. The number of amides is 1. The lowest BCUT2D eigenvalue weighted by Gasteiger charge is -2.17. The molecule has 100 valence electrons. The predicted molar refractivity (Wildman–Crippen MR) is 63.5 cm³/mol. The Morgan fingerprint density at radius 3 is 2.63 bits per heavy atom. The number of hydrogen-bond acceptors (Lipinski definition) is 2. The molecule has 2 rings (SSSR count). The lowest BCUT2D eigenvalue weighted by molar-refractivity contribution is -0.141. The van der Waals surface area contributed by atoms with E-state index in [2.05, 4.69) is 10.9 Å². The Morgan fingerprint density at radius 1 is 1.47 bits per heavy atom. The Kier molecular flexibility index (Phi) is 3.42. The van der Waals surface area contributed by atoms with Crippen molar-refractivity contribution < 1.29 is 18.0 Å². The second-order valence-corrected chi connectivity index (χ2v) is 4.43. The van der Waals surface area contributed by atoms with Gasteiger partial charge in [0, 0.05) is 18.9 Å². The first kappa shape index (κ1) is 13.7. The van der Waals surface area contributed by atoms with E-state index in [1.165, 1.54) is 4.90 Å². The maximum Gasteiger partial charge on any atom is 0.433 e. The number of aromatic nitrogens is 1. The van der Waals surface area contributed by atoms with Gasteiger partial charge in [0.2, 0.25) is 5.91 Å². The third-order valence-corrected chi connectivity index (χ3v) is 3.05. The second kappa shape index (κ2) is 4.74. The number of rotatable bonds is 1. The van der Waals surface area contributed by atoms with E-state index in [1.807, 2.05) is 0 Å². The zero-order valence-electron chi connectivity index (χ0n) is 9.54. The first-order chi connectivity index (χ1) is 8.82. The molecule has 1 aliphatic rings. The third kappa shape index (κ3) is 2.66. The van der Waals surface area contributed by atoms with Gasteiger partial charge >= 0.3 is 6.18 Å². The van der Waals surface area contributed by atoms with E-state index in [1.54, 1.807) is 0 Å². The number of anilines is 1. The quantitative estimate of drug-likeness (QED) is 0.588. The lowest BCUT2D eigenvalue weighted by atomic mass is 10.1. The standard InChI is InChI=1S/C12H8ClF3N2O/c1-2-7-5-10(19)18(6-7)8-3-4-9(12(14,15)16)17-11(8)13/h1,3-4,7H,5-6H2. The highest BCUT2D eigenvalue weighted by molar-refractivity contribution is 6.32. The van der Waals surface area contributed by atoms with E-state index < -0.39 is 11.9 Å². The summed E-state index contributed by atoms with van der Waals surface area (Å²) in [7, 11) is 0. The fourth-order valence-corrected chi connectivity index (χ4v) is 2.09. The molecule has 1 aliphatic heterocycles. The highest BCUT2D eigenvalue weighted by atomic mass is 35.5. The molecule has 0 saturated carbocycles. The Labute approximate surface area is 112 Å². The van der Waals surface area contributed by atoms with Gasteiger partial charge in [0.25, 0.3) is 0 Å². The summed E-state index contributed by atoms with van der Waals surface area (Å²) in [5, 5.41) is -0.360. The summed E-state index contributed by atoms with van der Waals surface area (Å²) >= 11 is 5.72. The van der Waals surface area contributed by atoms with Gasteiger partial charge in [-0.2, -0.15) is 13.2 Å². The van der Waals surface area contributed by atoms with Gasteiger partial charge in [0.1, 0.15) is 5.69 Å². The largest absolute Gasteiger partial charge is 0.433 e. The van der Waals surface area contributed by atoms with Gasteiger partial charge in [-0.3, -0.25) is 4.79 Å². The van der Waals surface area contributed by atoms with Crippen molar-refractivity contribution in [3.05, 3.63) is 23.0 Å². The molecule has 1 aromatic heterocycles. The maximum atomic E-state index is 12.4. The Morgan fingerprint density at radius 2 is 2.16 bits per heavy atom. The minimum absolute atomic E-state index is 0.150. The van der Waals surface area contributed by atoms with Gasteiger partial charge < -0.3 is 4.90 Å². The van der Waals surface area contributed by atoms with Crippen LogP contribution in [0, 0.1) is 18.3 Å². The molecule has 1 fully saturated rings. The van der Waals surface area contributed by atoms with Gasteiger partial charge in [0.15, 0.2) is 5.15 Å². The smallest absolute Gasteiger partial charge is 0.308 e. The summed E-state index contributed by atoms with van der Waals surface area (Å²) in [5.41, 5.74) is -0.946. The van der Waals surface area contributed by atoms with Gasteiger partial charge in [-0.05, 0) is 12.1 Å². The Hall–Kier alpha value is -1.74. The molecule has 19 heavy (non-hydrogen) atoms. The molecule has 0 N–H and O–H groups in total. The second-order valence-electron chi connectivity index (χ2n) is 4.08. The van der Waals surface area contributed by atoms with Crippen LogP contribution in [0.15, 0.2) is 12.1 Å². The molecule has 2 heterocycles. The van der Waals surface area contributed by atoms with E-state index in [4.69, 9.17) is 18.0 Å². The molecule has 0 spiro atoms. The molecule has 0 aromatic carbocycles. The van der Waals surface area contributed by atoms with E-state index >= 15 is 0 Å². The fourth-order valence-electron chi connectivity index (χ4n) is 1.84. The molecular formula is C12H8ClF3N2O. The number of alkyl halides is 3. The molecule has 0 aliphatic carbocycles. The number of carbonyl (C=O) groups is 1. The van der Waals surface area contributed by atoms with E-state index in [0.29, 0.717) is 0 Å². The fraction of sp³-hybridized carbons (Fsp3) is 0.333. The van der Waals surface area contributed by atoms with Crippen LogP contribution in [-0.4, -0.2) is 17.4 Å². The molecule has 0 bridgehead atoms. The maximum absolute atomic E-state index is 12.4. The SMILES string of the molecule is C#CC1CC(=O)N(c2ccc(C(F)(F)F)nc2Cl)C1. The van der Waals surface area contributed by atoms with E-state index in [9.17, 15) is 18.0 Å². The van der Waals surface area contributed by atoms with Crippen molar-refractivity contribution in [1.29, 1.82) is 0 Å². The van der Waals surface area contributed by atoms with E-state index in [-0.39, 0.29) is 35.6 Å². The minimum Gasteiger partial charge on any atom is -0.308 e. The van der Waals surface area contributed by atoms with Crippen molar-refractivity contribution >= 4 is 23.2 Å². The lowest BCUT2D eigenvalue weighted by Crippen LogP contribution is -2.25. The van der Waals surface area contributed by atoms with E-state index in [0.717, 1.165) is 12.1 Å². The number of terminal acetylenes is 1. The third-order valence-electron chi connectivity index (χ3n) is 2.77. The van der Waals surface area contributed by atoms with Crippen molar-refractivity contribution in [2.75, 3.05) is 11.4 Å². The predicted octanol–water partition coefficient (Wildman–Crippen LogP) is 2.74. The van der Waals surface area contributed by atoms with Crippen LogP contribution in [0.4, 0.5) is 18.9 Å². The van der Waals surface area contributed by atoms with Crippen molar-refractivity contribution in [2.24, 2.45) is 5.92 Å². The molecule has 1 aromatic rings. The average molecular weight is 289 g/mol. The number of halogens is 4. The van der Waals surface area contributed by atoms with Crippen LogP contribution in [0.1, 0.15) is 12.1 Å². The van der Waals surface area contributed by atoms with Crippen molar-refractivity contribution in [3.8, 4) is 12.3 Å². The van der Waals surface area contributed by atoms with Crippen LogP contribution in [0.2, 0.25) is 5.15 Å². The molecule has 7 heteroatoms. The zero-order chi connectivity index (χ0) is 14.2. The van der Waals surface area contributed by atoms with Crippen molar-refractivity contribution in [2.45, 2.75) is 12.6 Å². The zero-order valence-corrected chi connectivity index (χ0v) is 10.3. The van der Waals surface area contributed by atoms with Crippen LogP contribution in [0.25, 0.3) is 0 Å². The average Bonchev–Trinajstić information content (AvgIpc) is 2.69. The van der Waals surface area contributed by atoms with Gasteiger partial charge in [0.05, 0.1) is 5.69 Å². The monoisotopic (exact) mass is 288 g/mol. The molecule has 1 unspecified atom stereocenters. The van der Waals surface area contributed by atoms with Gasteiger partial charge in [-0.1, -0.05) is 11.6 Å². The molecule has 1 amide bonds. The Bertz CT molecular complexity index is 565. The molecule has 0 radical (unpaired) electrons. The summed E-state index contributed by atoms with van der Waals surface area (Å²) in [6.45, 7) is 0.238. The summed E-state index contributed by atoms with van der Waals surface area (Å²) in [6, 6.07) is 1.92. The molecule has 1 saturated heterocycles. The summed E-state index contributed by atoms with van der Waals surface area (Å²) in [6.07, 6.45) is 0.819. The van der Waals surface area contributed by atoms with Crippen LogP contribution < -0.4 is 4.90 Å². The molecular weight excluding hydrogens is 281 g/mol. The topological polar surface area (TPSA) is 33.2 Å². The van der Waals surface area contributed by atoms with Gasteiger partial charge in [-0.15, -0.1) is 12.3 Å². The van der Waals surface area contributed by atoms with Gasteiger partial charge in [-0.25, -0.2) is 4.98 Å². The van der Waals surface area contributed by atoms with Crippen LogP contribution in [-0.2, 0) is 11.0 Å². The highest BCUT2D eigenvalue weighted by Crippen LogP contribution is 2.34. The van der Waals surface area contributed by atoms with Crippen molar-refractivity contribution in [3.63, 3.8) is 0 Å². The minimum atomic E-state index is -4.57. The molecule has 3 nitrogen and oxygen atoms in total. The Balaban J connectivity index is 2.33. The summed E-state index contributed by atoms with van der Waals surface area (Å²) < 4.78 is 37.3. The first-order valence-corrected chi connectivity index (χ1v) is 5.71. The highest BCUT2D eigenvalue weighted by Gasteiger charge is 2.35. The van der Waals surface area contributed by atoms with Crippen molar-refractivity contribution in [1.82, 2.24) is 4.98 Å². The first-order valence-electron chi connectivity index (χ1n) is 5.33. The van der Waals surface area contributed by atoms with Crippen LogP contribution in [0.3, 0.4) is 0 Å². The number of nitrogens with zero attached hydrogens (tertiary/aromatic N) is 2. The van der Waals surface area contributed by atoms with Crippen LogP contribution in [0.5, 0.6) is 0 Å². The normalized spacial score (nSPS) is 19.6. The number of hydrogen-bond donors (Lipinski definition) is 0. The number of pyridine rings is 1. The number of carbonyl (C=O) groups excluding carboxylic acids is 1. The van der Waals surface area contributed by atoms with Crippen LogP contribution >= 0.6 is 11.6 Å². The molecule has 1 atom stereocenters. The summed E-state index contributed by atoms with van der Waals surface area (Å²) in [4.78, 5) is 16.2.